The Labute approximate surface area is 113 Å². The van der Waals surface area contributed by atoms with Crippen LogP contribution < -0.4 is 10.6 Å². The molecule has 0 radical (unpaired) electrons. The predicted molar refractivity (Wildman–Crippen MR) is 74.3 cm³/mol. The van der Waals surface area contributed by atoms with Crippen LogP contribution in [0.3, 0.4) is 0 Å². The van der Waals surface area contributed by atoms with Crippen molar-refractivity contribution in [1.82, 2.24) is 5.32 Å². The Morgan fingerprint density at radius 3 is 2.53 bits per heavy atom. The summed E-state index contributed by atoms with van der Waals surface area (Å²) in [5.41, 5.74) is 1.26. The van der Waals surface area contributed by atoms with E-state index in [4.69, 9.17) is 5.11 Å². The number of hydrogen-bond acceptors (Lipinski definition) is 2. The third kappa shape index (κ3) is 6.45. The molecule has 1 rings (SSSR count). The van der Waals surface area contributed by atoms with Crippen molar-refractivity contribution in [2.75, 3.05) is 11.9 Å². The molecule has 0 aliphatic heterocycles. The molecule has 0 spiro atoms. The van der Waals surface area contributed by atoms with Crippen LogP contribution in [0.15, 0.2) is 24.3 Å². The molecule has 0 unspecified atom stereocenters. The van der Waals surface area contributed by atoms with Crippen molar-refractivity contribution >= 4 is 17.7 Å². The average Bonchev–Trinajstić information content (AvgIpc) is 2.25. The fourth-order valence-corrected chi connectivity index (χ4v) is 1.45. The summed E-state index contributed by atoms with van der Waals surface area (Å²) < 4.78 is 0. The van der Waals surface area contributed by atoms with Crippen LogP contribution in [0.5, 0.6) is 0 Å². The molecule has 19 heavy (non-hydrogen) atoms. The number of carbonyl (C=O) groups excluding carboxylic acids is 1. The molecule has 0 fully saturated rings. The van der Waals surface area contributed by atoms with Gasteiger partial charge in [-0.2, -0.15) is 0 Å². The molecule has 0 aliphatic rings. The summed E-state index contributed by atoms with van der Waals surface area (Å²) in [5.74, 6) is -0.894. The highest BCUT2D eigenvalue weighted by Gasteiger charge is 2.12. The van der Waals surface area contributed by atoms with Crippen molar-refractivity contribution in [3.05, 3.63) is 29.8 Å². The fraction of sp³-hybridized carbons (Fsp3) is 0.429. The minimum absolute atomic E-state index is 0.0164. The molecular formula is C14H20N2O3. The van der Waals surface area contributed by atoms with Crippen LogP contribution in [0, 0.1) is 5.41 Å². The van der Waals surface area contributed by atoms with Crippen LogP contribution in [0.25, 0.3) is 0 Å². The third-order valence-corrected chi connectivity index (χ3v) is 2.32. The van der Waals surface area contributed by atoms with Crippen LogP contribution in [-0.4, -0.2) is 23.7 Å². The first-order valence-corrected chi connectivity index (χ1v) is 6.12. The van der Waals surface area contributed by atoms with E-state index in [0.717, 1.165) is 0 Å². The van der Waals surface area contributed by atoms with Crippen molar-refractivity contribution in [2.45, 2.75) is 27.2 Å². The van der Waals surface area contributed by atoms with Gasteiger partial charge in [-0.05, 0) is 23.1 Å². The normalized spacial score (nSPS) is 10.9. The van der Waals surface area contributed by atoms with Crippen molar-refractivity contribution < 1.29 is 14.7 Å². The van der Waals surface area contributed by atoms with Gasteiger partial charge in [-0.3, -0.25) is 4.79 Å². The number of carboxylic acids is 1. The van der Waals surface area contributed by atoms with Gasteiger partial charge in [-0.1, -0.05) is 32.9 Å². The molecule has 0 bridgehead atoms. The van der Waals surface area contributed by atoms with Gasteiger partial charge in [0.15, 0.2) is 0 Å². The molecule has 1 aromatic rings. The number of urea groups is 1. The minimum atomic E-state index is -0.894. The number of rotatable bonds is 4. The lowest BCUT2D eigenvalue weighted by molar-refractivity contribution is -0.136. The topological polar surface area (TPSA) is 78.4 Å². The molecule has 104 valence electrons. The summed E-state index contributed by atoms with van der Waals surface area (Å²) in [6, 6.07) is 6.53. The summed E-state index contributed by atoms with van der Waals surface area (Å²) in [4.78, 5) is 22.3. The lowest BCUT2D eigenvalue weighted by atomic mass is 9.97. The van der Waals surface area contributed by atoms with E-state index >= 15 is 0 Å². The first kappa shape index (κ1) is 15.0. The summed E-state index contributed by atoms with van der Waals surface area (Å²) in [6.07, 6.45) is -0.0564. The predicted octanol–water partition coefficient (Wildman–Crippen LogP) is 2.48. The van der Waals surface area contributed by atoms with Gasteiger partial charge in [-0.25, -0.2) is 4.79 Å². The van der Waals surface area contributed by atoms with Crippen LogP contribution in [-0.2, 0) is 11.2 Å². The monoisotopic (exact) mass is 264 g/mol. The van der Waals surface area contributed by atoms with Crippen LogP contribution in [0.2, 0.25) is 0 Å². The summed E-state index contributed by atoms with van der Waals surface area (Å²) in [5, 5.41) is 14.2. The lowest BCUT2D eigenvalue weighted by Crippen LogP contribution is -2.35. The highest BCUT2D eigenvalue weighted by atomic mass is 16.4. The number of hydrogen-bond donors (Lipinski definition) is 3. The third-order valence-electron chi connectivity index (χ3n) is 2.32. The molecule has 0 aromatic heterocycles. The minimum Gasteiger partial charge on any atom is -0.481 e. The van der Waals surface area contributed by atoms with Gasteiger partial charge in [0.25, 0.3) is 0 Å². The lowest BCUT2D eigenvalue weighted by Gasteiger charge is -2.19. The molecule has 3 N–H and O–H groups in total. The van der Waals surface area contributed by atoms with Gasteiger partial charge in [0.2, 0.25) is 0 Å². The molecule has 0 atom stereocenters. The molecule has 5 nitrogen and oxygen atoms in total. The van der Waals surface area contributed by atoms with Crippen LogP contribution in [0.1, 0.15) is 26.3 Å². The van der Waals surface area contributed by atoms with E-state index in [2.05, 4.69) is 10.6 Å². The molecule has 0 saturated heterocycles. The van der Waals surface area contributed by atoms with E-state index in [1.807, 2.05) is 20.8 Å². The van der Waals surface area contributed by atoms with E-state index in [9.17, 15) is 9.59 Å². The number of carbonyl (C=O) groups is 2. The highest BCUT2D eigenvalue weighted by molar-refractivity contribution is 5.89. The number of anilines is 1. The largest absolute Gasteiger partial charge is 0.481 e. The zero-order valence-corrected chi connectivity index (χ0v) is 11.5. The second kappa shape index (κ2) is 6.22. The Balaban J connectivity index is 2.57. The Bertz CT molecular complexity index is 464. The summed E-state index contributed by atoms with van der Waals surface area (Å²) in [7, 11) is 0. The number of carboxylic acid groups (broad SMARTS) is 1. The fourth-order valence-electron chi connectivity index (χ4n) is 1.45. The summed E-state index contributed by atoms with van der Waals surface area (Å²) >= 11 is 0. The molecular weight excluding hydrogens is 244 g/mol. The highest BCUT2D eigenvalue weighted by Crippen LogP contribution is 2.12. The molecule has 0 saturated carbocycles. The number of aliphatic carboxylic acids is 1. The summed E-state index contributed by atoms with van der Waals surface area (Å²) in [6.45, 7) is 6.65. The first-order chi connectivity index (χ1) is 8.76. The Kier molecular flexibility index (Phi) is 4.92. The first-order valence-electron chi connectivity index (χ1n) is 6.12. The Morgan fingerprint density at radius 2 is 1.95 bits per heavy atom. The Morgan fingerprint density at radius 1 is 1.26 bits per heavy atom. The average molecular weight is 264 g/mol. The maximum absolute atomic E-state index is 11.7. The van der Waals surface area contributed by atoms with E-state index < -0.39 is 5.97 Å². The van der Waals surface area contributed by atoms with Gasteiger partial charge in [-0.15, -0.1) is 0 Å². The van der Waals surface area contributed by atoms with Crippen molar-refractivity contribution in [1.29, 1.82) is 0 Å². The van der Waals surface area contributed by atoms with Crippen LogP contribution in [0.4, 0.5) is 10.5 Å². The Hall–Kier alpha value is -2.04. The maximum Gasteiger partial charge on any atom is 0.319 e. The second-order valence-corrected chi connectivity index (χ2v) is 5.64. The van der Waals surface area contributed by atoms with Gasteiger partial charge >= 0.3 is 12.0 Å². The van der Waals surface area contributed by atoms with Gasteiger partial charge < -0.3 is 15.7 Å². The van der Waals surface area contributed by atoms with Crippen molar-refractivity contribution in [2.24, 2.45) is 5.41 Å². The maximum atomic E-state index is 11.7. The smallest absolute Gasteiger partial charge is 0.319 e. The van der Waals surface area contributed by atoms with E-state index in [-0.39, 0.29) is 17.9 Å². The van der Waals surface area contributed by atoms with Crippen LogP contribution >= 0.6 is 0 Å². The molecule has 1 aromatic carbocycles. The van der Waals surface area contributed by atoms with E-state index in [0.29, 0.717) is 17.8 Å². The zero-order valence-electron chi connectivity index (χ0n) is 11.5. The van der Waals surface area contributed by atoms with Gasteiger partial charge in [0, 0.05) is 12.2 Å². The number of amides is 2. The molecule has 0 heterocycles. The quantitative estimate of drug-likeness (QED) is 0.781. The van der Waals surface area contributed by atoms with E-state index in [1.54, 1.807) is 24.3 Å². The SMILES string of the molecule is CC(C)(C)CNC(=O)Nc1cccc(CC(=O)O)c1. The van der Waals surface area contributed by atoms with Crippen molar-refractivity contribution in [3.8, 4) is 0 Å². The number of nitrogens with one attached hydrogen (secondary N) is 2. The zero-order chi connectivity index (χ0) is 14.5. The standard InChI is InChI=1S/C14H20N2O3/c1-14(2,3)9-15-13(19)16-11-6-4-5-10(7-11)8-12(17)18/h4-7H,8-9H2,1-3H3,(H,17,18)(H2,15,16,19). The molecule has 2 amide bonds. The molecule has 5 heteroatoms. The number of benzene rings is 1. The second-order valence-electron chi connectivity index (χ2n) is 5.64. The van der Waals surface area contributed by atoms with Gasteiger partial charge in [0.05, 0.1) is 6.42 Å². The van der Waals surface area contributed by atoms with Crippen molar-refractivity contribution in [3.63, 3.8) is 0 Å². The van der Waals surface area contributed by atoms with Gasteiger partial charge in [0.1, 0.15) is 0 Å². The van der Waals surface area contributed by atoms with E-state index in [1.165, 1.54) is 0 Å². The molecule has 0 aliphatic carbocycles.